The van der Waals surface area contributed by atoms with E-state index >= 15 is 0 Å². The summed E-state index contributed by atoms with van der Waals surface area (Å²) < 4.78 is 0. The molecule has 3 amide bonds. The highest BCUT2D eigenvalue weighted by Gasteiger charge is 2.29. The number of carboxylic acid groups (broad SMARTS) is 1. The van der Waals surface area contributed by atoms with Gasteiger partial charge in [0.15, 0.2) is 0 Å². The summed E-state index contributed by atoms with van der Waals surface area (Å²) in [6, 6.07) is 9.09. The second kappa shape index (κ2) is 14.3. The van der Waals surface area contributed by atoms with Gasteiger partial charge in [-0.1, -0.05) is 62.4 Å². The maximum absolute atomic E-state index is 13.0. The molecule has 8 heteroatoms. The van der Waals surface area contributed by atoms with Gasteiger partial charge in [0, 0.05) is 18.9 Å². The normalized spacial score (nSPS) is 15.9. The average Bonchev–Trinajstić information content (AvgIpc) is 2.78. The monoisotopic (exact) mass is 459 g/mol. The topological polar surface area (TPSA) is 139 Å². The molecular weight excluding hydrogens is 422 g/mol. The van der Waals surface area contributed by atoms with Crippen LogP contribution in [0.1, 0.15) is 69.8 Å². The first-order chi connectivity index (χ1) is 15.8. The number of amides is 3. The van der Waals surface area contributed by atoms with E-state index in [0.29, 0.717) is 25.2 Å². The molecule has 0 saturated heterocycles. The molecule has 0 radical (unpaired) electrons. The number of primary amides is 1. The maximum Gasteiger partial charge on any atom is 0.304 e. The number of benzene rings is 1. The van der Waals surface area contributed by atoms with Crippen LogP contribution in [0.3, 0.4) is 0 Å². The van der Waals surface area contributed by atoms with E-state index in [-0.39, 0.29) is 25.3 Å². The number of nitrogens with one attached hydrogen (secondary N) is 2. The van der Waals surface area contributed by atoms with Gasteiger partial charge in [0.1, 0.15) is 6.04 Å². The molecule has 1 aliphatic carbocycles. The summed E-state index contributed by atoms with van der Waals surface area (Å²) in [5.74, 6) is -2.68. The Bertz CT molecular complexity index is 778. The van der Waals surface area contributed by atoms with Crippen LogP contribution in [0, 0.1) is 11.8 Å². The Hall–Kier alpha value is -2.90. The van der Waals surface area contributed by atoms with Crippen LogP contribution in [0.4, 0.5) is 0 Å². The number of rotatable bonds is 14. The largest absolute Gasteiger partial charge is 0.481 e. The molecule has 2 rings (SSSR count). The van der Waals surface area contributed by atoms with Crippen LogP contribution in [0.2, 0.25) is 0 Å². The minimum absolute atomic E-state index is 0.0248. The highest BCUT2D eigenvalue weighted by molar-refractivity contribution is 5.90. The Kier molecular flexibility index (Phi) is 11.4. The molecule has 1 aromatic carbocycles. The summed E-state index contributed by atoms with van der Waals surface area (Å²) >= 11 is 0. The number of hydrogen-bond donors (Lipinski definition) is 4. The third-order valence-corrected chi connectivity index (χ3v) is 6.25. The zero-order chi connectivity index (χ0) is 24.1. The van der Waals surface area contributed by atoms with Gasteiger partial charge >= 0.3 is 5.97 Å². The van der Waals surface area contributed by atoms with E-state index in [1.54, 1.807) is 0 Å². The van der Waals surface area contributed by atoms with Crippen LogP contribution >= 0.6 is 0 Å². The van der Waals surface area contributed by atoms with Gasteiger partial charge in [-0.25, -0.2) is 0 Å². The third-order valence-electron chi connectivity index (χ3n) is 6.25. The van der Waals surface area contributed by atoms with Crippen molar-refractivity contribution in [2.45, 2.75) is 76.7 Å². The van der Waals surface area contributed by atoms with Crippen molar-refractivity contribution in [2.24, 2.45) is 17.6 Å². The van der Waals surface area contributed by atoms with E-state index in [4.69, 9.17) is 5.73 Å². The van der Waals surface area contributed by atoms with Crippen LogP contribution < -0.4 is 16.4 Å². The van der Waals surface area contributed by atoms with Crippen molar-refractivity contribution >= 4 is 23.7 Å². The number of carboxylic acids is 1. The lowest BCUT2D eigenvalue weighted by molar-refractivity contribution is -0.141. The summed E-state index contributed by atoms with van der Waals surface area (Å²) in [4.78, 5) is 48.2. The molecular formula is C25H37N3O5. The zero-order valence-corrected chi connectivity index (χ0v) is 19.3. The molecule has 0 aliphatic heterocycles. The predicted octanol–water partition coefficient (Wildman–Crippen LogP) is 2.55. The lowest BCUT2D eigenvalue weighted by Gasteiger charge is -2.27. The van der Waals surface area contributed by atoms with Crippen LogP contribution in [0.15, 0.2) is 30.3 Å². The van der Waals surface area contributed by atoms with Gasteiger partial charge in [-0.2, -0.15) is 0 Å². The second-order valence-corrected chi connectivity index (χ2v) is 8.98. The lowest BCUT2D eigenvalue weighted by Crippen LogP contribution is -2.50. The molecule has 1 aromatic rings. The van der Waals surface area contributed by atoms with Crippen molar-refractivity contribution in [3.05, 3.63) is 35.9 Å². The Labute approximate surface area is 195 Å². The molecule has 0 spiro atoms. The fourth-order valence-corrected chi connectivity index (χ4v) is 4.44. The first-order valence-electron chi connectivity index (χ1n) is 12.0. The molecule has 8 nitrogen and oxygen atoms in total. The van der Waals surface area contributed by atoms with Gasteiger partial charge in [0.05, 0.1) is 6.42 Å². The Morgan fingerprint density at radius 2 is 1.73 bits per heavy atom. The van der Waals surface area contributed by atoms with E-state index in [1.807, 2.05) is 30.3 Å². The SMILES string of the molecule is NC(=O)CCNC(=O)[C@H](CC1CCCCC1)NC(=O)[C@H](CCCc1ccccc1)CC(=O)O. The van der Waals surface area contributed by atoms with E-state index in [0.717, 1.165) is 37.7 Å². The van der Waals surface area contributed by atoms with Gasteiger partial charge in [-0.3, -0.25) is 19.2 Å². The molecule has 33 heavy (non-hydrogen) atoms. The Morgan fingerprint density at radius 1 is 1.03 bits per heavy atom. The fourth-order valence-electron chi connectivity index (χ4n) is 4.44. The highest BCUT2D eigenvalue weighted by atomic mass is 16.4. The number of aliphatic carboxylic acids is 1. The second-order valence-electron chi connectivity index (χ2n) is 8.98. The Morgan fingerprint density at radius 3 is 2.36 bits per heavy atom. The van der Waals surface area contributed by atoms with Gasteiger partial charge in [-0.05, 0) is 37.2 Å². The zero-order valence-electron chi connectivity index (χ0n) is 19.3. The molecule has 2 atom stereocenters. The number of carbonyl (C=O) groups excluding carboxylic acids is 3. The van der Waals surface area contributed by atoms with E-state index in [9.17, 15) is 24.3 Å². The van der Waals surface area contributed by atoms with Crippen molar-refractivity contribution in [3.8, 4) is 0 Å². The lowest BCUT2D eigenvalue weighted by atomic mass is 9.84. The van der Waals surface area contributed by atoms with Gasteiger partial charge in [0.25, 0.3) is 0 Å². The number of nitrogens with two attached hydrogens (primary N) is 1. The minimum atomic E-state index is -1.04. The minimum Gasteiger partial charge on any atom is -0.481 e. The average molecular weight is 460 g/mol. The standard InChI is InChI=1S/C25H37N3O5/c26-22(29)14-15-27-25(33)21(16-19-10-5-2-6-11-19)28-24(32)20(17-23(30)31)13-7-12-18-8-3-1-4-9-18/h1,3-4,8-9,19-21H,2,5-7,10-17H2,(H2,26,29)(H,27,33)(H,28,32)(H,30,31)/t20-,21+/m1/s1. The third kappa shape index (κ3) is 10.5. The summed E-state index contributed by atoms with van der Waals surface area (Å²) in [5.41, 5.74) is 6.28. The summed E-state index contributed by atoms with van der Waals surface area (Å²) in [7, 11) is 0. The molecule has 1 saturated carbocycles. The van der Waals surface area contributed by atoms with E-state index in [2.05, 4.69) is 10.6 Å². The van der Waals surface area contributed by atoms with Gasteiger partial charge < -0.3 is 21.5 Å². The molecule has 0 heterocycles. The van der Waals surface area contributed by atoms with Crippen LogP contribution in [-0.2, 0) is 25.6 Å². The molecule has 0 unspecified atom stereocenters. The smallest absolute Gasteiger partial charge is 0.304 e. The van der Waals surface area contributed by atoms with Gasteiger partial charge in [0.2, 0.25) is 17.7 Å². The predicted molar refractivity (Wildman–Crippen MR) is 125 cm³/mol. The maximum atomic E-state index is 13.0. The molecule has 0 bridgehead atoms. The summed E-state index contributed by atoms with van der Waals surface area (Å²) in [6.45, 7) is 0.112. The van der Waals surface area contributed by atoms with Crippen molar-refractivity contribution in [1.29, 1.82) is 0 Å². The first-order valence-corrected chi connectivity index (χ1v) is 12.0. The van der Waals surface area contributed by atoms with Crippen molar-refractivity contribution in [2.75, 3.05) is 6.54 Å². The Balaban J connectivity index is 1.99. The summed E-state index contributed by atoms with van der Waals surface area (Å²) in [6.07, 6.45) is 7.53. The van der Waals surface area contributed by atoms with Crippen LogP contribution in [0.25, 0.3) is 0 Å². The molecule has 1 fully saturated rings. The van der Waals surface area contributed by atoms with Crippen molar-refractivity contribution in [3.63, 3.8) is 0 Å². The number of carbonyl (C=O) groups is 4. The van der Waals surface area contributed by atoms with Crippen molar-refractivity contribution in [1.82, 2.24) is 10.6 Å². The highest BCUT2D eigenvalue weighted by Crippen LogP contribution is 2.27. The van der Waals surface area contributed by atoms with Crippen LogP contribution in [0.5, 0.6) is 0 Å². The van der Waals surface area contributed by atoms with Gasteiger partial charge in [-0.15, -0.1) is 0 Å². The van der Waals surface area contributed by atoms with Crippen LogP contribution in [-0.4, -0.2) is 41.4 Å². The molecule has 182 valence electrons. The fraction of sp³-hybridized carbons (Fsp3) is 0.600. The van der Waals surface area contributed by atoms with Crippen molar-refractivity contribution < 1.29 is 24.3 Å². The van der Waals surface area contributed by atoms with E-state index < -0.39 is 29.7 Å². The molecule has 1 aliphatic rings. The molecule has 0 aromatic heterocycles. The first kappa shape index (κ1) is 26.4. The summed E-state index contributed by atoms with van der Waals surface area (Å²) in [5, 5.41) is 14.8. The number of hydrogen-bond acceptors (Lipinski definition) is 4. The molecule has 5 N–H and O–H groups in total. The van der Waals surface area contributed by atoms with E-state index in [1.165, 1.54) is 6.42 Å². The quantitative estimate of drug-likeness (QED) is 0.339. The number of aryl methyl sites for hydroxylation is 1.